The van der Waals surface area contributed by atoms with Crippen LogP contribution >= 0.6 is 15.9 Å². The lowest BCUT2D eigenvalue weighted by atomic mass is 9.99. The van der Waals surface area contributed by atoms with Crippen molar-refractivity contribution in [2.45, 2.75) is 19.0 Å². The van der Waals surface area contributed by atoms with Gasteiger partial charge >= 0.3 is 18.2 Å². The minimum Gasteiger partial charge on any atom is -0.481 e. The van der Waals surface area contributed by atoms with Crippen LogP contribution in [0.25, 0.3) is 0 Å². The predicted molar refractivity (Wildman–Crippen MR) is 80.1 cm³/mol. The van der Waals surface area contributed by atoms with Crippen molar-refractivity contribution < 1.29 is 27.9 Å². The Morgan fingerprint density at radius 3 is 2.61 bits per heavy atom. The lowest BCUT2D eigenvalue weighted by Gasteiger charge is -2.30. The van der Waals surface area contributed by atoms with Gasteiger partial charge in [-0.15, -0.1) is 0 Å². The van der Waals surface area contributed by atoms with Gasteiger partial charge in [0.05, 0.1) is 17.2 Å². The van der Waals surface area contributed by atoms with Crippen molar-refractivity contribution in [2.24, 2.45) is 5.92 Å². The number of amides is 2. The maximum absolute atomic E-state index is 12.6. The molecule has 1 aliphatic rings. The first-order chi connectivity index (χ1) is 10.7. The molecule has 0 aliphatic carbocycles. The quantitative estimate of drug-likeness (QED) is 0.801. The molecule has 126 valence electrons. The largest absolute Gasteiger partial charge is 0.481 e. The van der Waals surface area contributed by atoms with Crippen LogP contribution in [0.3, 0.4) is 0 Å². The third-order valence-corrected chi connectivity index (χ3v) is 4.25. The first kappa shape index (κ1) is 17.6. The molecule has 9 heteroatoms. The summed E-state index contributed by atoms with van der Waals surface area (Å²) in [5.41, 5.74) is -0.633. The zero-order valence-corrected chi connectivity index (χ0v) is 13.4. The number of alkyl halides is 3. The molecule has 2 rings (SSSR count). The molecule has 1 heterocycles. The number of nitrogens with one attached hydrogen (secondary N) is 1. The molecule has 2 amide bonds. The van der Waals surface area contributed by atoms with Crippen LogP contribution in [0.5, 0.6) is 0 Å². The van der Waals surface area contributed by atoms with Crippen molar-refractivity contribution in [1.29, 1.82) is 0 Å². The fourth-order valence-corrected chi connectivity index (χ4v) is 2.83. The fraction of sp³-hybridized carbons (Fsp3) is 0.429. The molecule has 1 saturated heterocycles. The molecule has 23 heavy (non-hydrogen) atoms. The third kappa shape index (κ3) is 4.37. The molecule has 1 unspecified atom stereocenters. The number of hydrogen-bond donors (Lipinski definition) is 2. The van der Waals surface area contributed by atoms with Crippen molar-refractivity contribution in [1.82, 2.24) is 4.90 Å². The SMILES string of the molecule is O=C(O)C1CCCN(C(=O)Nc2ccc(C(F)(F)F)cc2Br)C1. The molecule has 0 spiro atoms. The molecule has 1 atom stereocenters. The first-order valence-electron chi connectivity index (χ1n) is 6.84. The normalized spacial score (nSPS) is 18.6. The van der Waals surface area contributed by atoms with Gasteiger partial charge < -0.3 is 15.3 Å². The number of anilines is 1. The van der Waals surface area contributed by atoms with Crippen LogP contribution in [-0.2, 0) is 11.0 Å². The van der Waals surface area contributed by atoms with E-state index in [1.54, 1.807) is 0 Å². The Bertz CT molecular complexity index is 622. The van der Waals surface area contributed by atoms with E-state index < -0.39 is 29.7 Å². The average Bonchev–Trinajstić information content (AvgIpc) is 2.48. The summed E-state index contributed by atoms with van der Waals surface area (Å²) in [7, 11) is 0. The molecule has 1 fully saturated rings. The van der Waals surface area contributed by atoms with Crippen LogP contribution in [0.2, 0.25) is 0 Å². The summed E-state index contributed by atoms with van der Waals surface area (Å²) < 4.78 is 37.9. The van der Waals surface area contributed by atoms with Crippen LogP contribution in [0.4, 0.5) is 23.7 Å². The Morgan fingerprint density at radius 2 is 2.04 bits per heavy atom. The number of piperidine rings is 1. The maximum Gasteiger partial charge on any atom is 0.416 e. The van der Waals surface area contributed by atoms with E-state index in [0.717, 1.165) is 18.2 Å². The van der Waals surface area contributed by atoms with Crippen molar-refractivity contribution in [3.8, 4) is 0 Å². The Hall–Kier alpha value is -1.77. The Kier molecular flexibility index (Phi) is 5.18. The summed E-state index contributed by atoms with van der Waals surface area (Å²) in [4.78, 5) is 24.5. The first-order valence-corrected chi connectivity index (χ1v) is 7.63. The lowest BCUT2D eigenvalue weighted by molar-refractivity contribution is -0.143. The van der Waals surface area contributed by atoms with E-state index in [-0.39, 0.29) is 16.7 Å². The van der Waals surface area contributed by atoms with E-state index in [9.17, 15) is 22.8 Å². The number of benzene rings is 1. The second kappa shape index (κ2) is 6.77. The number of urea groups is 1. The molecule has 0 aromatic heterocycles. The minimum absolute atomic E-state index is 0.0828. The number of carboxylic acids is 1. The highest BCUT2D eigenvalue weighted by Crippen LogP contribution is 2.34. The number of nitrogens with zero attached hydrogens (tertiary/aromatic N) is 1. The van der Waals surface area contributed by atoms with Gasteiger partial charge in [0.15, 0.2) is 0 Å². The van der Waals surface area contributed by atoms with Crippen LogP contribution in [-0.4, -0.2) is 35.1 Å². The van der Waals surface area contributed by atoms with Crippen molar-refractivity contribution >= 4 is 33.6 Å². The fourth-order valence-electron chi connectivity index (χ4n) is 2.35. The molecule has 1 aromatic rings. The predicted octanol–water partition coefficient (Wildman–Crippen LogP) is 3.80. The van der Waals surface area contributed by atoms with Crippen LogP contribution in [0.15, 0.2) is 22.7 Å². The molecular formula is C14H14BrF3N2O3. The Labute approximate surface area is 138 Å². The zero-order valence-electron chi connectivity index (χ0n) is 11.9. The summed E-state index contributed by atoms with van der Waals surface area (Å²) in [6, 6.07) is 2.38. The van der Waals surface area contributed by atoms with Crippen molar-refractivity contribution in [2.75, 3.05) is 18.4 Å². The number of carbonyl (C=O) groups excluding carboxylic acids is 1. The number of carboxylic acid groups (broad SMARTS) is 1. The van der Waals surface area contributed by atoms with Gasteiger partial charge in [-0.2, -0.15) is 13.2 Å². The summed E-state index contributed by atoms with van der Waals surface area (Å²) in [6.07, 6.45) is -3.39. The van der Waals surface area contributed by atoms with Crippen molar-refractivity contribution in [3.05, 3.63) is 28.2 Å². The number of rotatable bonds is 2. The van der Waals surface area contributed by atoms with Gasteiger partial charge in [0, 0.05) is 17.6 Å². The number of halogens is 4. The van der Waals surface area contributed by atoms with E-state index in [0.29, 0.717) is 19.4 Å². The standard InChI is InChI=1S/C14H14BrF3N2O3/c15-10-6-9(14(16,17)18)3-4-11(10)19-13(23)20-5-1-2-8(7-20)12(21)22/h3-4,6,8H,1-2,5,7H2,(H,19,23)(H,21,22). The number of hydrogen-bond acceptors (Lipinski definition) is 2. The molecule has 1 aliphatic heterocycles. The zero-order chi connectivity index (χ0) is 17.2. The van der Waals surface area contributed by atoms with E-state index >= 15 is 0 Å². The second-order valence-electron chi connectivity index (χ2n) is 5.25. The van der Waals surface area contributed by atoms with Gasteiger partial charge in [0.2, 0.25) is 0 Å². The molecule has 2 N–H and O–H groups in total. The summed E-state index contributed by atoms with van der Waals surface area (Å²) in [5.74, 6) is -1.58. The van der Waals surface area contributed by atoms with Gasteiger partial charge in [0.1, 0.15) is 0 Å². The summed E-state index contributed by atoms with van der Waals surface area (Å²) in [5, 5.41) is 11.5. The maximum atomic E-state index is 12.6. The van der Waals surface area contributed by atoms with Crippen LogP contribution in [0, 0.1) is 5.92 Å². The van der Waals surface area contributed by atoms with Gasteiger partial charge in [0.25, 0.3) is 0 Å². The van der Waals surface area contributed by atoms with E-state index in [4.69, 9.17) is 5.11 Å². The average molecular weight is 395 g/mol. The molecule has 0 radical (unpaired) electrons. The number of carbonyl (C=O) groups is 2. The Balaban J connectivity index is 2.07. The van der Waals surface area contributed by atoms with E-state index in [2.05, 4.69) is 21.2 Å². The molecular weight excluding hydrogens is 381 g/mol. The molecule has 0 bridgehead atoms. The minimum atomic E-state index is -4.47. The van der Waals surface area contributed by atoms with Crippen LogP contribution < -0.4 is 5.32 Å². The van der Waals surface area contributed by atoms with Gasteiger partial charge in [-0.05, 0) is 47.0 Å². The van der Waals surface area contributed by atoms with Gasteiger partial charge in [-0.1, -0.05) is 0 Å². The van der Waals surface area contributed by atoms with Gasteiger partial charge in [-0.25, -0.2) is 4.79 Å². The topological polar surface area (TPSA) is 69.6 Å². The molecule has 1 aromatic carbocycles. The van der Waals surface area contributed by atoms with Gasteiger partial charge in [-0.3, -0.25) is 4.79 Å². The molecule has 5 nitrogen and oxygen atoms in total. The number of likely N-dealkylation sites (tertiary alicyclic amines) is 1. The number of aliphatic carboxylic acids is 1. The molecule has 0 saturated carbocycles. The third-order valence-electron chi connectivity index (χ3n) is 3.60. The van der Waals surface area contributed by atoms with E-state index in [1.807, 2.05) is 0 Å². The highest BCUT2D eigenvalue weighted by atomic mass is 79.9. The summed E-state index contributed by atoms with van der Waals surface area (Å²) in [6.45, 7) is 0.493. The summed E-state index contributed by atoms with van der Waals surface area (Å²) >= 11 is 3.00. The Morgan fingerprint density at radius 1 is 1.35 bits per heavy atom. The second-order valence-corrected chi connectivity index (χ2v) is 6.10. The highest BCUT2D eigenvalue weighted by molar-refractivity contribution is 9.10. The van der Waals surface area contributed by atoms with Crippen molar-refractivity contribution in [3.63, 3.8) is 0 Å². The van der Waals surface area contributed by atoms with E-state index in [1.165, 1.54) is 4.90 Å². The monoisotopic (exact) mass is 394 g/mol. The van der Waals surface area contributed by atoms with Crippen LogP contribution in [0.1, 0.15) is 18.4 Å². The smallest absolute Gasteiger partial charge is 0.416 e. The highest BCUT2D eigenvalue weighted by Gasteiger charge is 2.31. The lowest BCUT2D eigenvalue weighted by Crippen LogP contribution is -2.44.